The molecule has 0 atom stereocenters. The first-order valence-electron chi connectivity index (χ1n) is 4.66. The van der Waals surface area contributed by atoms with E-state index in [0.717, 1.165) is 5.56 Å². The number of nitrogens with one attached hydrogen (secondary N) is 1. The predicted octanol–water partition coefficient (Wildman–Crippen LogP) is 1.76. The van der Waals surface area contributed by atoms with Crippen molar-refractivity contribution in [2.75, 3.05) is 5.73 Å². The molecule has 15 heavy (non-hydrogen) atoms. The van der Waals surface area contributed by atoms with Crippen molar-refractivity contribution in [3.63, 3.8) is 0 Å². The molecule has 4 nitrogen and oxygen atoms in total. The third kappa shape index (κ3) is 1.56. The second-order valence-electron chi connectivity index (χ2n) is 3.17. The Bertz CT molecular complexity index is 478. The van der Waals surface area contributed by atoms with Gasteiger partial charge in [-0.25, -0.2) is 4.39 Å². The van der Waals surface area contributed by atoms with Gasteiger partial charge in [0.2, 0.25) is 0 Å². The number of pyridine rings is 1. The van der Waals surface area contributed by atoms with E-state index in [4.69, 9.17) is 5.73 Å². The summed E-state index contributed by atoms with van der Waals surface area (Å²) in [7, 11) is 0. The van der Waals surface area contributed by atoms with Crippen molar-refractivity contribution < 1.29 is 4.39 Å². The number of aromatic amines is 1. The Kier molecular flexibility index (Phi) is 2.37. The Hall–Kier alpha value is -1.91. The van der Waals surface area contributed by atoms with Crippen molar-refractivity contribution >= 4 is 5.82 Å². The van der Waals surface area contributed by atoms with Gasteiger partial charge in [0.05, 0.1) is 11.9 Å². The zero-order valence-electron chi connectivity index (χ0n) is 8.29. The summed E-state index contributed by atoms with van der Waals surface area (Å²) in [6.45, 7) is 1.95. The first kappa shape index (κ1) is 9.64. The van der Waals surface area contributed by atoms with Gasteiger partial charge in [-0.3, -0.25) is 10.1 Å². The molecule has 0 unspecified atom stereocenters. The fourth-order valence-electron chi connectivity index (χ4n) is 1.54. The fraction of sp³-hybridized carbons (Fsp3) is 0.200. The Morgan fingerprint density at radius 2 is 2.33 bits per heavy atom. The minimum atomic E-state index is -0.379. The Morgan fingerprint density at radius 1 is 1.53 bits per heavy atom. The van der Waals surface area contributed by atoms with Gasteiger partial charge < -0.3 is 5.73 Å². The van der Waals surface area contributed by atoms with Crippen LogP contribution < -0.4 is 5.73 Å². The highest BCUT2D eigenvalue weighted by Crippen LogP contribution is 2.26. The second-order valence-corrected chi connectivity index (χ2v) is 3.17. The summed E-state index contributed by atoms with van der Waals surface area (Å²) >= 11 is 0. The summed E-state index contributed by atoms with van der Waals surface area (Å²) in [4.78, 5) is 3.69. The van der Waals surface area contributed by atoms with E-state index in [2.05, 4.69) is 15.2 Å². The van der Waals surface area contributed by atoms with Crippen LogP contribution in [0.25, 0.3) is 11.3 Å². The number of rotatable bonds is 2. The van der Waals surface area contributed by atoms with Gasteiger partial charge in [0.15, 0.2) is 5.82 Å². The molecular weight excluding hydrogens is 195 g/mol. The van der Waals surface area contributed by atoms with Crippen molar-refractivity contribution in [3.05, 3.63) is 29.8 Å². The standard InChI is InChI=1S/C10H11FN4/c1-2-6-9(14-15-10(6)12)7-3-4-13-5-8(7)11/h3-5H,2H2,1H3,(H3,12,14,15). The van der Waals surface area contributed by atoms with Crippen molar-refractivity contribution in [2.24, 2.45) is 0 Å². The molecule has 5 heteroatoms. The van der Waals surface area contributed by atoms with Crippen LogP contribution in [0.5, 0.6) is 0 Å². The molecule has 0 bridgehead atoms. The molecule has 0 aromatic carbocycles. The third-order valence-corrected chi connectivity index (χ3v) is 2.29. The van der Waals surface area contributed by atoms with Gasteiger partial charge in [0.1, 0.15) is 5.82 Å². The number of hydrogen-bond acceptors (Lipinski definition) is 3. The van der Waals surface area contributed by atoms with E-state index >= 15 is 0 Å². The number of nitrogens with two attached hydrogens (primary N) is 1. The smallest absolute Gasteiger partial charge is 0.150 e. The molecule has 2 rings (SSSR count). The Morgan fingerprint density at radius 3 is 3.00 bits per heavy atom. The number of H-pyrrole nitrogens is 1. The summed E-state index contributed by atoms with van der Waals surface area (Å²) in [6, 6.07) is 1.60. The molecule has 0 fully saturated rings. The van der Waals surface area contributed by atoms with E-state index in [0.29, 0.717) is 23.5 Å². The molecule has 0 amide bonds. The predicted molar refractivity (Wildman–Crippen MR) is 55.6 cm³/mol. The quantitative estimate of drug-likeness (QED) is 0.786. The van der Waals surface area contributed by atoms with Gasteiger partial charge in [-0.05, 0) is 12.5 Å². The molecule has 78 valence electrons. The molecule has 0 radical (unpaired) electrons. The molecule has 0 aliphatic heterocycles. The lowest BCUT2D eigenvalue weighted by Crippen LogP contribution is -1.92. The van der Waals surface area contributed by atoms with Crippen LogP contribution in [-0.4, -0.2) is 15.2 Å². The molecule has 0 aliphatic rings. The molecular formula is C10H11FN4. The molecule has 0 aliphatic carbocycles. The van der Waals surface area contributed by atoms with Crippen molar-refractivity contribution in [1.82, 2.24) is 15.2 Å². The number of nitrogen functional groups attached to an aromatic ring is 1. The lowest BCUT2D eigenvalue weighted by Gasteiger charge is -2.02. The number of anilines is 1. The highest BCUT2D eigenvalue weighted by Gasteiger charge is 2.13. The van der Waals surface area contributed by atoms with Gasteiger partial charge in [0.25, 0.3) is 0 Å². The van der Waals surface area contributed by atoms with Gasteiger partial charge in [-0.2, -0.15) is 5.10 Å². The molecule has 3 N–H and O–H groups in total. The zero-order chi connectivity index (χ0) is 10.8. The summed E-state index contributed by atoms with van der Waals surface area (Å²) in [6.07, 6.45) is 3.42. The van der Waals surface area contributed by atoms with Crippen molar-refractivity contribution in [2.45, 2.75) is 13.3 Å². The molecule has 0 saturated carbocycles. The number of hydrogen-bond donors (Lipinski definition) is 2. The van der Waals surface area contributed by atoms with Crippen LogP contribution in [0.3, 0.4) is 0 Å². The molecule has 0 spiro atoms. The molecule has 2 heterocycles. The topological polar surface area (TPSA) is 67.6 Å². The first-order chi connectivity index (χ1) is 7.24. The number of halogens is 1. The maximum Gasteiger partial charge on any atom is 0.150 e. The highest BCUT2D eigenvalue weighted by atomic mass is 19.1. The van der Waals surface area contributed by atoms with Crippen LogP contribution in [0.2, 0.25) is 0 Å². The first-order valence-corrected chi connectivity index (χ1v) is 4.66. The van der Waals surface area contributed by atoms with E-state index in [9.17, 15) is 4.39 Å². The normalized spacial score (nSPS) is 10.5. The third-order valence-electron chi connectivity index (χ3n) is 2.29. The van der Waals surface area contributed by atoms with Gasteiger partial charge >= 0.3 is 0 Å². The lowest BCUT2D eigenvalue weighted by atomic mass is 10.1. The largest absolute Gasteiger partial charge is 0.382 e. The number of aromatic nitrogens is 3. The minimum Gasteiger partial charge on any atom is -0.382 e. The Balaban J connectivity index is 2.59. The second kappa shape index (κ2) is 3.68. The van der Waals surface area contributed by atoms with Crippen molar-refractivity contribution in [1.29, 1.82) is 0 Å². The van der Waals surface area contributed by atoms with Crippen LogP contribution >= 0.6 is 0 Å². The SMILES string of the molecule is CCc1c(N)n[nH]c1-c1ccncc1F. The highest BCUT2D eigenvalue weighted by molar-refractivity contribution is 5.67. The monoisotopic (exact) mass is 206 g/mol. The van der Waals surface area contributed by atoms with Crippen LogP contribution in [0.15, 0.2) is 18.5 Å². The lowest BCUT2D eigenvalue weighted by molar-refractivity contribution is 0.624. The molecule has 2 aromatic rings. The maximum absolute atomic E-state index is 13.4. The van der Waals surface area contributed by atoms with E-state index in [1.165, 1.54) is 12.4 Å². The van der Waals surface area contributed by atoms with Gasteiger partial charge in [-0.15, -0.1) is 0 Å². The van der Waals surface area contributed by atoms with E-state index < -0.39 is 0 Å². The van der Waals surface area contributed by atoms with Crippen LogP contribution in [0.1, 0.15) is 12.5 Å². The summed E-state index contributed by atoms with van der Waals surface area (Å²) in [5.41, 5.74) is 7.58. The van der Waals surface area contributed by atoms with E-state index in [1.807, 2.05) is 6.92 Å². The van der Waals surface area contributed by atoms with Gasteiger partial charge in [-0.1, -0.05) is 6.92 Å². The summed E-state index contributed by atoms with van der Waals surface area (Å²) in [5, 5.41) is 6.61. The average Bonchev–Trinajstić information content (AvgIpc) is 2.60. The van der Waals surface area contributed by atoms with E-state index in [1.54, 1.807) is 6.07 Å². The van der Waals surface area contributed by atoms with Crippen LogP contribution in [-0.2, 0) is 6.42 Å². The maximum atomic E-state index is 13.4. The fourth-order valence-corrected chi connectivity index (χ4v) is 1.54. The van der Waals surface area contributed by atoms with E-state index in [-0.39, 0.29) is 5.82 Å². The van der Waals surface area contributed by atoms with Gasteiger partial charge in [0, 0.05) is 17.3 Å². The molecule has 2 aromatic heterocycles. The molecule has 0 saturated heterocycles. The average molecular weight is 206 g/mol. The Labute approximate surface area is 86.3 Å². The van der Waals surface area contributed by atoms with Crippen LogP contribution in [0.4, 0.5) is 10.2 Å². The minimum absolute atomic E-state index is 0.379. The summed E-state index contributed by atoms with van der Waals surface area (Å²) in [5.74, 6) is 0.0413. The summed E-state index contributed by atoms with van der Waals surface area (Å²) < 4.78 is 13.4. The number of nitrogens with zero attached hydrogens (tertiary/aromatic N) is 2. The van der Waals surface area contributed by atoms with Crippen molar-refractivity contribution in [3.8, 4) is 11.3 Å². The zero-order valence-corrected chi connectivity index (χ0v) is 8.29. The van der Waals surface area contributed by atoms with Crippen LogP contribution in [0, 0.1) is 5.82 Å².